The van der Waals surface area contributed by atoms with Crippen LogP contribution in [0.4, 0.5) is 0 Å². The molecule has 1 aromatic rings. The topological polar surface area (TPSA) is 106 Å². The Morgan fingerprint density at radius 2 is 1.76 bits per heavy atom. The van der Waals surface area contributed by atoms with Gasteiger partial charge in [0, 0.05) is 20.1 Å². The van der Waals surface area contributed by atoms with E-state index >= 15 is 0 Å². The van der Waals surface area contributed by atoms with Crippen LogP contribution in [0.3, 0.4) is 0 Å². The highest BCUT2D eigenvalue weighted by molar-refractivity contribution is 5.95. The van der Waals surface area contributed by atoms with Gasteiger partial charge in [0.25, 0.3) is 5.84 Å². The summed E-state index contributed by atoms with van der Waals surface area (Å²) in [5.41, 5.74) is 4.54. The Kier molecular flexibility index (Phi) is 2.61. The predicted molar refractivity (Wildman–Crippen MR) is 72.2 cm³/mol. The van der Waals surface area contributed by atoms with Crippen LogP contribution in [-0.2, 0) is 9.47 Å². The normalized spacial score (nSPS) is 35.2. The molecule has 1 heterocycles. The van der Waals surface area contributed by atoms with Gasteiger partial charge in [-0.3, -0.25) is 5.73 Å². The molecule has 1 saturated carbocycles. The minimum Gasteiger partial charge on any atom is -0.317 e. The van der Waals surface area contributed by atoms with Gasteiger partial charge in [-0.05, 0) is 5.56 Å². The van der Waals surface area contributed by atoms with E-state index in [4.69, 9.17) is 15.2 Å². The summed E-state index contributed by atoms with van der Waals surface area (Å²) in [7, 11) is 2.85. The van der Waals surface area contributed by atoms with Gasteiger partial charge in [0.1, 0.15) is 0 Å². The number of ether oxygens (including phenoxy) is 2. The Morgan fingerprint density at radius 3 is 2.24 bits per heavy atom. The molecule has 3 atom stereocenters. The quantitative estimate of drug-likeness (QED) is 0.707. The average Bonchev–Trinajstić information content (AvgIpc) is 3.11. The Hall–Kier alpha value is -2.41. The summed E-state index contributed by atoms with van der Waals surface area (Å²) in [6.45, 7) is 0. The molecule has 0 spiro atoms. The van der Waals surface area contributed by atoms with E-state index in [0.29, 0.717) is 0 Å². The van der Waals surface area contributed by atoms with Crippen molar-refractivity contribution in [2.24, 2.45) is 16.6 Å². The van der Waals surface area contributed by atoms with E-state index in [9.17, 15) is 10.5 Å². The standard InChI is InChI=1S/C15H14N4O2/c1-20-15(21-2)14(9-17)11(10-6-4-3-5-7-10)13(14,8-16)12(18)19-15/h3-7,11H,1-2H3,(H2,18,19)/p+1/t11-,13-,14-/m1/s1. The summed E-state index contributed by atoms with van der Waals surface area (Å²) >= 11 is 0. The molecule has 1 aromatic carbocycles. The number of nitrogens with two attached hydrogens (primary N) is 1. The molecule has 1 aliphatic heterocycles. The summed E-state index contributed by atoms with van der Waals surface area (Å²) in [5.74, 6) is -1.62. The maximum Gasteiger partial charge on any atom is 0.342 e. The van der Waals surface area contributed by atoms with Crippen LogP contribution >= 0.6 is 0 Å². The number of rotatable bonds is 3. The second-order valence-corrected chi connectivity index (χ2v) is 5.25. The molecule has 106 valence electrons. The van der Waals surface area contributed by atoms with E-state index in [1.807, 2.05) is 30.3 Å². The second-order valence-electron chi connectivity index (χ2n) is 5.25. The number of hydrogen-bond donors (Lipinski definition) is 2. The van der Waals surface area contributed by atoms with E-state index in [0.717, 1.165) is 5.56 Å². The largest absolute Gasteiger partial charge is 0.342 e. The van der Waals surface area contributed by atoms with E-state index in [-0.39, 0.29) is 5.84 Å². The van der Waals surface area contributed by atoms with E-state index in [1.54, 1.807) is 0 Å². The van der Waals surface area contributed by atoms with Gasteiger partial charge in [-0.1, -0.05) is 30.3 Å². The van der Waals surface area contributed by atoms with Gasteiger partial charge in [0.05, 0.1) is 12.1 Å². The molecule has 1 fully saturated rings. The van der Waals surface area contributed by atoms with Crippen molar-refractivity contribution in [2.45, 2.75) is 11.8 Å². The van der Waals surface area contributed by atoms with Crippen LogP contribution in [0, 0.1) is 33.5 Å². The molecular formula is C15H15N4O2+. The minimum atomic E-state index is -1.43. The molecule has 2 aliphatic rings. The highest BCUT2D eigenvalue weighted by Gasteiger charge is 2.96. The lowest BCUT2D eigenvalue weighted by molar-refractivity contribution is -0.687. The molecule has 0 aromatic heterocycles. The van der Waals surface area contributed by atoms with E-state index in [2.05, 4.69) is 17.1 Å². The fraction of sp³-hybridized carbons (Fsp3) is 0.400. The summed E-state index contributed by atoms with van der Waals surface area (Å²) in [6, 6.07) is 13.8. The average molecular weight is 283 g/mol. The van der Waals surface area contributed by atoms with Crippen molar-refractivity contribution >= 4 is 5.84 Å². The van der Waals surface area contributed by atoms with Gasteiger partial charge in [0.15, 0.2) is 10.8 Å². The first kappa shape index (κ1) is 13.6. The number of amidine groups is 1. The van der Waals surface area contributed by atoms with Gasteiger partial charge in [0.2, 0.25) is 0 Å². The third-order valence-electron chi connectivity index (χ3n) is 4.71. The van der Waals surface area contributed by atoms with Gasteiger partial charge in [-0.2, -0.15) is 10.5 Å². The highest BCUT2D eigenvalue weighted by atomic mass is 16.7. The first-order valence-corrected chi connectivity index (χ1v) is 6.49. The van der Waals surface area contributed by atoms with E-state index in [1.165, 1.54) is 14.2 Å². The Balaban J connectivity index is 2.26. The highest BCUT2D eigenvalue weighted by Crippen LogP contribution is 2.78. The van der Waals surface area contributed by atoms with Gasteiger partial charge < -0.3 is 9.47 Å². The minimum absolute atomic E-state index is 0.212. The second kappa shape index (κ2) is 4.05. The first-order chi connectivity index (χ1) is 10.1. The van der Waals surface area contributed by atoms with Crippen molar-refractivity contribution in [3.05, 3.63) is 35.9 Å². The lowest BCUT2D eigenvalue weighted by atomic mass is 9.93. The maximum atomic E-state index is 9.84. The molecule has 6 heteroatoms. The molecule has 0 bridgehead atoms. The molecule has 0 unspecified atom stereocenters. The predicted octanol–water partition coefficient (Wildman–Crippen LogP) is -0.798. The number of benzene rings is 1. The maximum absolute atomic E-state index is 9.84. The van der Waals surface area contributed by atoms with Crippen molar-refractivity contribution in [3.8, 4) is 12.1 Å². The van der Waals surface area contributed by atoms with Crippen molar-refractivity contribution in [1.29, 1.82) is 10.5 Å². The molecule has 3 N–H and O–H groups in total. The Morgan fingerprint density at radius 1 is 1.14 bits per heavy atom. The Bertz CT molecular complexity index is 699. The summed E-state index contributed by atoms with van der Waals surface area (Å²) < 4.78 is 10.9. The van der Waals surface area contributed by atoms with Gasteiger partial charge in [-0.25, -0.2) is 4.99 Å². The zero-order valence-corrected chi connectivity index (χ0v) is 11.8. The SMILES string of the molecule is COC1(OC)[NH+]=C(N)[C@@]2(C#N)[C@@H](c3ccccc3)[C@@]12C#N. The zero-order chi connectivity index (χ0) is 15.3. The smallest absolute Gasteiger partial charge is 0.317 e. The van der Waals surface area contributed by atoms with Crippen LogP contribution in [-0.4, -0.2) is 26.0 Å². The van der Waals surface area contributed by atoms with Crippen LogP contribution in [0.5, 0.6) is 0 Å². The molecule has 0 saturated heterocycles. The lowest BCUT2D eigenvalue weighted by Gasteiger charge is -2.26. The number of nitriles is 2. The number of methoxy groups -OCH3 is 2. The molecule has 6 nitrogen and oxygen atoms in total. The lowest BCUT2D eigenvalue weighted by Crippen LogP contribution is -2.90. The van der Waals surface area contributed by atoms with Crippen LogP contribution in [0.15, 0.2) is 30.3 Å². The fourth-order valence-corrected chi connectivity index (χ4v) is 3.76. The number of fused-ring (bicyclic) bond motifs is 1. The number of nitrogens with zero attached hydrogens (tertiary/aromatic N) is 2. The molecule has 0 radical (unpaired) electrons. The van der Waals surface area contributed by atoms with Gasteiger partial charge in [-0.15, -0.1) is 0 Å². The number of hydrogen-bond acceptors (Lipinski definition) is 5. The molecule has 21 heavy (non-hydrogen) atoms. The van der Waals surface area contributed by atoms with Crippen molar-refractivity contribution < 1.29 is 14.5 Å². The fourth-order valence-electron chi connectivity index (χ4n) is 3.76. The molecule has 3 rings (SSSR count). The summed E-state index contributed by atoms with van der Waals surface area (Å²) in [5, 5.41) is 19.6. The number of nitrogens with one attached hydrogen (secondary N) is 1. The van der Waals surface area contributed by atoms with Crippen molar-refractivity contribution in [1.82, 2.24) is 0 Å². The van der Waals surface area contributed by atoms with Gasteiger partial charge >= 0.3 is 5.91 Å². The zero-order valence-electron chi connectivity index (χ0n) is 11.8. The van der Waals surface area contributed by atoms with Crippen LogP contribution < -0.4 is 10.7 Å². The third kappa shape index (κ3) is 1.16. The third-order valence-corrected chi connectivity index (χ3v) is 4.71. The summed E-state index contributed by atoms with van der Waals surface area (Å²) in [4.78, 5) is 2.85. The van der Waals surface area contributed by atoms with Crippen LogP contribution in [0.1, 0.15) is 11.5 Å². The van der Waals surface area contributed by atoms with Crippen LogP contribution in [0.2, 0.25) is 0 Å². The summed E-state index contributed by atoms with van der Waals surface area (Å²) in [6.07, 6.45) is 0. The molecular weight excluding hydrogens is 268 g/mol. The molecule has 0 amide bonds. The van der Waals surface area contributed by atoms with Crippen molar-refractivity contribution in [3.63, 3.8) is 0 Å². The molecule has 1 aliphatic carbocycles. The van der Waals surface area contributed by atoms with Crippen LogP contribution in [0.25, 0.3) is 0 Å². The van der Waals surface area contributed by atoms with E-state index < -0.39 is 22.7 Å². The van der Waals surface area contributed by atoms with Crippen molar-refractivity contribution in [2.75, 3.05) is 14.2 Å². The Labute approximate surface area is 122 Å². The first-order valence-electron chi connectivity index (χ1n) is 6.49. The monoisotopic (exact) mass is 283 g/mol.